The molecule has 10 rings (SSSR count). The zero-order valence-electron chi connectivity index (χ0n) is 42.7. The first-order valence-electron chi connectivity index (χ1n) is 26.7. The van der Waals surface area contributed by atoms with Crippen molar-refractivity contribution in [1.29, 1.82) is 0 Å². The van der Waals surface area contributed by atoms with Crippen molar-refractivity contribution in [1.82, 2.24) is 34.9 Å². The van der Waals surface area contributed by atoms with Gasteiger partial charge in [-0.05, 0) is 186 Å². The first kappa shape index (κ1) is 54.7. The number of piperidine rings is 4. The molecule has 0 aliphatic carbocycles. The van der Waals surface area contributed by atoms with Crippen molar-refractivity contribution in [2.45, 2.75) is 70.4 Å². The molecule has 16 heteroatoms. The van der Waals surface area contributed by atoms with Crippen LogP contribution in [0.4, 0.5) is 4.79 Å². The normalized spacial score (nSPS) is 21.1. The maximum atomic E-state index is 13.3. The van der Waals surface area contributed by atoms with Crippen LogP contribution in [0.1, 0.15) is 77.3 Å². The van der Waals surface area contributed by atoms with Gasteiger partial charge >= 0.3 is 6.09 Å². The van der Waals surface area contributed by atoms with Crippen molar-refractivity contribution in [3.63, 3.8) is 0 Å². The van der Waals surface area contributed by atoms with Gasteiger partial charge in [0.05, 0.1) is 37.7 Å². The van der Waals surface area contributed by atoms with E-state index in [9.17, 15) is 14.4 Å². The van der Waals surface area contributed by atoms with Gasteiger partial charge in [-0.25, -0.2) is 4.79 Å². The van der Waals surface area contributed by atoms with Crippen LogP contribution < -0.4 is 11.1 Å². The Morgan fingerprint density at radius 2 is 1.04 bits per heavy atom. The Hall–Kier alpha value is -5.05. The summed E-state index contributed by atoms with van der Waals surface area (Å²) in [6, 6.07) is 32.0. The number of aromatic nitrogens is 2. The fraction of sp³-hybridized carbons (Fsp3) is 0.441. The van der Waals surface area contributed by atoms with E-state index in [-0.39, 0.29) is 23.8 Å². The van der Waals surface area contributed by atoms with Crippen molar-refractivity contribution < 1.29 is 19.1 Å². The molecule has 75 heavy (non-hydrogen) atoms. The molecule has 6 heterocycles. The molecule has 3 amide bonds. The largest absolute Gasteiger partial charge is 0.450 e. The number of amides is 3. The number of pyridine rings is 2. The second-order valence-electron chi connectivity index (χ2n) is 20.7. The molecule has 4 fully saturated rings. The SMILES string of the molecule is CCOC(=O)NC[C@@H]1CN(C2CCN(C(=O)c3ccc4ncccc4c3)CC2)CC[C@@H]1Cc1ccc(Cl)c(Cl)c1.NC[C@@H]1CN(C2CCN(C(=O)c3ccc4ncccc4c3)CC2)CC[C@@H]1Cc1ccc(Cl)c(Cl)c1. The van der Waals surface area contributed by atoms with Crippen molar-refractivity contribution in [2.75, 3.05) is 72.1 Å². The predicted octanol–water partition coefficient (Wildman–Crippen LogP) is 11.4. The lowest BCUT2D eigenvalue weighted by Gasteiger charge is -2.45. The van der Waals surface area contributed by atoms with E-state index in [0.29, 0.717) is 75.2 Å². The number of hydrogen-bond donors (Lipinski definition) is 2. The Kier molecular flexibility index (Phi) is 18.9. The molecule has 0 spiro atoms. The van der Waals surface area contributed by atoms with Crippen molar-refractivity contribution in [3.05, 3.63) is 152 Å². The summed E-state index contributed by atoms with van der Waals surface area (Å²) in [5, 5.41) is 7.30. The minimum Gasteiger partial charge on any atom is -0.450 e. The number of nitrogens with zero attached hydrogens (tertiary/aromatic N) is 6. The lowest BCUT2D eigenvalue weighted by atomic mass is 9.80. The number of hydrogen-bond acceptors (Lipinski definition) is 9. The molecule has 4 atom stereocenters. The summed E-state index contributed by atoms with van der Waals surface area (Å²) in [5.41, 5.74) is 11.9. The zero-order chi connectivity index (χ0) is 52.4. The van der Waals surface area contributed by atoms with E-state index in [2.05, 4.69) is 31.2 Å². The third-order valence-corrected chi connectivity index (χ3v) is 17.6. The van der Waals surface area contributed by atoms with Crippen LogP contribution in [0.2, 0.25) is 20.1 Å². The number of rotatable bonds is 12. The number of likely N-dealkylation sites (tertiary alicyclic amines) is 4. The molecule has 4 aromatic carbocycles. The Bertz CT molecular complexity index is 2930. The summed E-state index contributed by atoms with van der Waals surface area (Å²) in [5.74, 6) is 1.90. The minimum absolute atomic E-state index is 0.0843. The van der Waals surface area contributed by atoms with Crippen LogP contribution in [-0.4, -0.2) is 132 Å². The zero-order valence-corrected chi connectivity index (χ0v) is 45.7. The Labute approximate surface area is 461 Å². The van der Waals surface area contributed by atoms with Gasteiger partial charge in [-0.15, -0.1) is 0 Å². The fourth-order valence-corrected chi connectivity index (χ4v) is 12.5. The standard InChI is InChI=1S/C31H36Cl2N4O3.C28H32Cl2N4O/c1-2-40-31(39)35-19-25-20-37(13-9-22(25)16-21-5-7-27(32)28(33)17-21)26-10-14-36(15-11-26)30(38)24-6-8-29-23(18-24)4-3-12-34-29;29-25-5-3-19(15-26(25)30)14-20-7-11-34(18-23(20)17-31)24-8-12-33(13-9-24)28(35)22-4-6-27-21(16-22)2-1-10-32-27/h3-8,12,17-18,22,25-26H,2,9-11,13-16,19-20H2,1H3,(H,35,39);1-6,10,15-16,20,23-24H,7-9,11-14,17-18,31H2/t22-,25-;20-,23-/m11/s1. The first-order valence-corrected chi connectivity index (χ1v) is 28.2. The molecular weight excluding hydrogens is 1030 g/mol. The van der Waals surface area contributed by atoms with Gasteiger partial charge in [-0.2, -0.15) is 0 Å². The molecule has 2 aromatic heterocycles. The lowest BCUT2D eigenvalue weighted by molar-refractivity contribution is 0.0400. The highest BCUT2D eigenvalue weighted by atomic mass is 35.5. The lowest BCUT2D eigenvalue weighted by Crippen LogP contribution is -2.53. The molecule has 4 aliphatic heterocycles. The van der Waals surface area contributed by atoms with Gasteiger partial charge < -0.3 is 25.6 Å². The number of carbonyl (C=O) groups excluding carboxylic acids is 3. The van der Waals surface area contributed by atoms with Crippen LogP contribution in [-0.2, 0) is 17.6 Å². The van der Waals surface area contributed by atoms with Crippen LogP contribution in [0.25, 0.3) is 21.8 Å². The number of halogens is 4. The predicted molar refractivity (Wildman–Crippen MR) is 302 cm³/mol. The summed E-state index contributed by atoms with van der Waals surface area (Å²) >= 11 is 24.7. The quantitative estimate of drug-likeness (QED) is 0.123. The smallest absolute Gasteiger partial charge is 0.407 e. The second kappa shape index (κ2) is 25.9. The van der Waals surface area contributed by atoms with E-state index in [1.165, 1.54) is 5.56 Å². The van der Waals surface area contributed by atoms with Crippen LogP contribution in [0.3, 0.4) is 0 Å². The number of ether oxygens (including phenoxy) is 1. The summed E-state index contributed by atoms with van der Waals surface area (Å²) in [7, 11) is 0. The number of nitrogens with two attached hydrogens (primary N) is 1. The molecular formula is C59H68Cl4N8O4. The van der Waals surface area contributed by atoms with Crippen molar-refractivity contribution in [2.24, 2.45) is 29.4 Å². The van der Waals surface area contributed by atoms with E-state index < -0.39 is 0 Å². The summed E-state index contributed by atoms with van der Waals surface area (Å²) in [6.45, 7) is 10.5. The van der Waals surface area contributed by atoms with Crippen LogP contribution in [0, 0.1) is 23.7 Å². The Balaban J connectivity index is 0.000000185. The molecule has 0 radical (unpaired) electrons. The number of fused-ring (bicyclic) bond motifs is 2. The monoisotopic (exact) mass is 1090 g/mol. The third kappa shape index (κ3) is 13.9. The number of benzene rings is 4. The third-order valence-electron chi connectivity index (χ3n) is 16.1. The van der Waals surface area contributed by atoms with Gasteiger partial charge in [0.15, 0.2) is 0 Å². The molecule has 4 aliphatic rings. The average Bonchev–Trinajstić information content (AvgIpc) is 3.44. The van der Waals surface area contributed by atoms with E-state index in [1.807, 2.05) is 108 Å². The number of nitrogens with one attached hydrogen (secondary N) is 1. The van der Waals surface area contributed by atoms with Gasteiger partial charge in [0.25, 0.3) is 11.8 Å². The van der Waals surface area contributed by atoms with Crippen LogP contribution in [0.15, 0.2) is 109 Å². The Morgan fingerprint density at radius 1 is 0.573 bits per heavy atom. The van der Waals surface area contributed by atoms with E-state index in [4.69, 9.17) is 56.9 Å². The highest BCUT2D eigenvalue weighted by molar-refractivity contribution is 6.42. The summed E-state index contributed by atoms with van der Waals surface area (Å²) in [4.78, 5) is 56.4. The highest BCUT2D eigenvalue weighted by Gasteiger charge is 2.37. The Morgan fingerprint density at radius 3 is 1.49 bits per heavy atom. The number of alkyl carbamates (subject to hydrolysis) is 1. The van der Waals surface area contributed by atoms with Crippen LogP contribution >= 0.6 is 46.4 Å². The maximum absolute atomic E-state index is 13.3. The maximum Gasteiger partial charge on any atom is 0.407 e. The first-order chi connectivity index (χ1) is 36.4. The van der Waals surface area contributed by atoms with Gasteiger partial charge in [-0.1, -0.05) is 70.7 Å². The van der Waals surface area contributed by atoms with Crippen molar-refractivity contribution in [3.8, 4) is 0 Å². The molecule has 396 valence electrons. The number of carbonyl (C=O) groups is 3. The molecule has 0 saturated carbocycles. The fourth-order valence-electron chi connectivity index (χ4n) is 11.9. The van der Waals surface area contributed by atoms with Gasteiger partial charge in [0, 0.05) is 92.2 Å². The minimum atomic E-state index is -0.371. The molecule has 0 unspecified atom stereocenters. The molecule has 4 saturated heterocycles. The second-order valence-corrected chi connectivity index (χ2v) is 22.3. The molecule has 6 aromatic rings. The van der Waals surface area contributed by atoms with Gasteiger partial charge in [0.1, 0.15) is 0 Å². The molecule has 12 nitrogen and oxygen atoms in total. The average molecular weight is 1100 g/mol. The van der Waals surface area contributed by atoms with E-state index in [1.54, 1.807) is 12.4 Å². The molecule has 0 bridgehead atoms. The summed E-state index contributed by atoms with van der Waals surface area (Å²) < 4.78 is 5.12. The molecule has 3 N–H and O–H groups in total. The van der Waals surface area contributed by atoms with E-state index in [0.717, 1.165) is 137 Å². The van der Waals surface area contributed by atoms with Gasteiger partial charge in [-0.3, -0.25) is 29.4 Å². The van der Waals surface area contributed by atoms with Crippen molar-refractivity contribution >= 4 is 86.1 Å². The van der Waals surface area contributed by atoms with E-state index >= 15 is 0 Å². The van der Waals surface area contributed by atoms with Crippen LogP contribution in [0.5, 0.6) is 0 Å². The highest BCUT2D eigenvalue weighted by Crippen LogP contribution is 2.35. The topological polar surface area (TPSA) is 137 Å². The van der Waals surface area contributed by atoms with Gasteiger partial charge in [0.2, 0.25) is 0 Å². The summed E-state index contributed by atoms with van der Waals surface area (Å²) in [6.07, 6.45) is 11.1.